The van der Waals surface area contributed by atoms with Gasteiger partial charge in [-0.15, -0.1) is 5.10 Å². The smallest absolute Gasteiger partial charge is 0.159 e. The fourth-order valence-electron chi connectivity index (χ4n) is 2.36. The van der Waals surface area contributed by atoms with Gasteiger partial charge in [-0.05, 0) is 12.8 Å². The number of nitrogens with zero attached hydrogens (tertiary/aromatic N) is 2. The minimum absolute atomic E-state index is 0.443. The van der Waals surface area contributed by atoms with Gasteiger partial charge in [-0.25, -0.2) is 0 Å². The van der Waals surface area contributed by atoms with Crippen molar-refractivity contribution in [2.45, 2.75) is 18.8 Å². The molecule has 1 aliphatic heterocycles. The molecule has 1 aliphatic rings. The quantitative estimate of drug-likeness (QED) is 0.778. The second kappa shape index (κ2) is 4.59. The first-order valence-electron chi connectivity index (χ1n) is 5.85. The van der Waals surface area contributed by atoms with E-state index in [2.05, 4.69) is 16.3 Å². The summed E-state index contributed by atoms with van der Waals surface area (Å²) in [5.74, 6) is 0.443. The van der Waals surface area contributed by atoms with E-state index in [1.807, 2.05) is 18.2 Å². The van der Waals surface area contributed by atoms with E-state index in [9.17, 15) is 0 Å². The molecule has 4 heteroatoms. The van der Waals surface area contributed by atoms with Gasteiger partial charge in [0, 0.05) is 29.9 Å². The summed E-state index contributed by atoms with van der Waals surface area (Å²) in [7, 11) is 0. The van der Waals surface area contributed by atoms with E-state index in [4.69, 9.17) is 16.3 Å². The van der Waals surface area contributed by atoms with Crippen LogP contribution in [0.15, 0.2) is 24.3 Å². The molecule has 1 aromatic carbocycles. The van der Waals surface area contributed by atoms with Crippen LogP contribution in [0.25, 0.3) is 10.8 Å². The van der Waals surface area contributed by atoms with Gasteiger partial charge in [0.25, 0.3) is 0 Å². The summed E-state index contributed by atoms with van der Waals surface area (Å²) in [4.78, 5) is 0. The van der Waals surface area contributed by atoms with E-state index >= 15 is 0 Å². The van der Waals surface area contributed by atoms with E-state index in [0.29, 0.717) is 11.1 Å². The van der Waals surface area contributed by atoms with Crippen LogP contribution in [0.3, 0.4) is 0 Å². The van der Waals surface area contributed by atoms with Crippen LogP contribution in [-0.4, -0.2) is 23.4 Å². The average molecular weight is 249 g/mol. The van der Waals surface area contributed by atoms with Crippen LogP contribution in [-0.2, 0) is 4.74 Å². The van der Waals surface area contributed by atoms with Crippen LogP contribution in [0.5, 0.6) is 0 Å². The summed E-state index contributed by atoms with van der Waals surface area (Å²) in [6.45, 7) is 1.62. The summed E-state index contributed by atoms with van der Waals surface area (Å²) < 4.78 is 5.38. The van der Waals surface area contributed by atoms with Crippen LogP contribution in [0.4, 0.5) is 0 Å². The van der Waals surface area contributed by atoms with Gasteiger partial charge in [0.05, 0.1) is 5.69 Å². The van der Waals surface area contributed by atoms with Crippen molar-refractivity contribution in [1.82, 2.24) is 10.2 Å². The Hall–Kier alpha value is -1.19. The molecule has 2 heterocycles. The first-order chi connectivity index (χ1) is 8.36. The molecule has 0 aliphatic carbocycles. The standard InChI is InChI=1S/C13H13ClN2O/c14-13-11-4-2-1-3-10(11)12(15-16-13)9-5-7-17-8-6-9/h1-4,9H,5-8H2. The summed E-state index contributed by atoms with van der Waals surface area (Å²) in [5.41, 5.74) is 1.06. The maximum Gasteiger partial charge on any atom is 0.159 e. The monoisotopic (exact) mass is 248 g/mol. The van der Waals surface area contributed by atoms with Crippen molar-refractivity contribution in [3.8, 4) is 0 Å². The van der Waals surface area contributed by atoms with Crippen molar-refractivity contribution in [1.29, 1.82) is 0 Å². The summed E-state index contributed by atoms with van der Waals surface area (Å²) in [5, 5.41) is 10.9. The minimum Gasteiger partial charge on any atom is -0.381 e. The highest BCUT2D eigenvalue weighted by molar-refractivity contribution is 6.34. The molecule has 3 rings (SSSR count). The van der Waals surface area contributed by atoms with Crippen LogP contribution in [0, 0.1) is 0 Å². The van der Waals surface area contributed by atoms with E-state index in [1.54, 1.807) is 0 Å². The number of aromatic nitrogens is 2. The molecule has 1 saturated heterocycles. The van der Waals surface area contributed by atoms with Gasteiger partial charge in [0.2, 0.25) is 0 Å². The lowest BCUT2D eigenvalue weighted by Gasteiger charge is -2.22. The second-order valence-electron chi connectivity index (χ2n) is 4.31. The summed E-state index contributed by atoms with van der Waals surface area (Å²) in [6, 6.07) is 8.06. The number of fused-ring (bicyclic) bond motifs is 1. The van der Waals surface area contributed by atoms with Crippen molar-refractivity contribution in [3.05, 3.63) is 35.1 Å². The van der Waals surface area contributed by atoms with Crippen molar-refractivity contribution < 1.29 is 4.74 Å². The van der Waals surface area contributed by atoms with Gasteiger partial charge < -0.3 is 4.74 Å². The van der Waals surface area contributed by atoms with Crippen molar-refractivity contribution >= 4 is 22.4 Å². The van der Waals surface area contributed by atoms with Crippen molar-refractivity contribution in [2.24, 2.45) is 0 Å². The van der Waals surface area contributed by atoms with Crippen molar-refractivity contribution in [3.63, 3.8) is 0 Å². The molecule has 0 spiro atoms. The third kappa shape index (κ3) is 2.01. The van der Waals surface area contributed by atoms with Gasteiger partial charge in [0.15, 0.2) is 5.15 Å². The Labute approximate surface area is 105 Å². The highest BCUT2D eigenvalue weighted by Gasteiger charge is 2.20. The van der Waals surface area contributed by atoms with Crippen molar-refractivity contribution in [2.75, 3.05) is 13.2 Å². The fraction of sp³-hybridized carbons (Fsp3) is 0.385. The Morgan fingerprint density at radius 3 is 2.53 bits per heavy atom. The zero-order chi connectivity index (χ0) is 11.7. The minimum atomic E-state index is 0.443. The predicted octanol–water partition coefficient (Wildman–Crippen LogP) is 3.18. The maximum atomic E-state index is 6.07. The van der Waals surface area contributed by atoms with Gasteiger partial charge in [-0.1, -0.05) is 35.9 Å². The zero-order valence-electron chi connectivity index (χ0n) is 9.40. The molecule has 3 nitrogen and oxygen atoms in total. The Morgan fingerprint density at radius 1 is 1.06 bits per heavy atom. The first kappa shape index (κ1) is 10.9. The SMILES string of the molecule is Clc1nnc(C2CCOCC2)c2ccccc12. The number of hydrogen-bond donors (Lipinski definition) is 0. The Morgan fingerprint density at radius 2 is 1.76 bits per heavy atom. The van der Waals surface area contributed by atoms with Gasteiger partial charge in [-0.2, -0.15) is 5.10 Å². The summed E-state index contributed by atoms with van der Waals surface area (Å²) in [6.07, 6.45) is 2.03. The van der Waals surface area contributed by atoms with Crippen LogP contribution in [0.2, 0.25) is 5.15 Å². The molecular formula is C13H13ClN2O. The normalized spacial score (nSPS) is 17.5. The molecule has 88 valence electrons. The lowest BCUT2D eigenvalue weighted by Crippen LogP contribution is -2.16. The Bertz CT molecular complexity index is 538. The lowest BCUT2D eigenvalue weighted by molar-refractivity contribution is 0.0846. The van der Waals surface area contributed by atoms with E-state index in [1.165, 1.54) is 0 Å². The van der Waals surface area contributed by atoms with Gasteiger partial charge >= 0.3 is 0 Å². The molecule has 0 bridgehead atoms. The van der Waals surface area contributed by atoms with Gasteiger partial charge in [0.1, 0.15) is 0 Å². The van der Waals surface area contributed by atoms with Crippen LogP contribution >= 0.6 is 11.6 Å². The van der Waals surface area contributed by atoms with Gasteiger partial charge in [-0.3, -0.25) is 0 Å². The maximum absolute atomic E-state index is 6.07. The number of ether oxygens (including phenoxy) is 1. The number of rotatable bonds is 1. The van der Waals surface area contributed by atoms with Crippen LogP contribution in [0.1, 0.15) is 24.5 Å². The van der Waals surface area contributed by atoms with E-state index in [0.717, 1.165) is 42.5 Å². The first-order valence-corrected chi connectivity index (χ1v) is 6.22. The molecule has 2 aromatic rings. The number of halogens is 1. The topological polar surface area (TPSA) is 35.0 Å². The molecule has 0 N–H and O–H groups in total. The molecule has 0 saturated carbocycles. The second-order valence-corrected chi connectivity index (χ2v) is 4.67. The molecule has 0 atom stereocenters. The summed E-state index contributed by atoms with van der Waals surface area (Å²) >= 11 is 6.07. The third-order valence-electron chi connectivity index (χ3n) is 3.28. The largest absolute Gasteiger partial charge is 0.381 e. The lowest BCUT2D eigenvalue weighted by atomic mass is 9.93. The fourth-order valence-corrected chi connectivity index (χ4v) is 2.57. The molecule has 17 heavy (non-hydrogen) atoms. The predicted molar refractivity (Wildman–Crippen MR) is 67.3 cm³/mol. The third-order valence-corrected chi connectivity index (χ3v) is 3.56. The number of benzene rings is 1. The molecule has 0 unspecified atom stereocenters. The average Bonchev–Trinajstić information content (AvgIpc) is 2.41. The Balaban J connectivity index is 2.12. The highest BCUT2D eigenvalue weighted by atomic mass is 35.5. The zero-order valence-corrected chi connectivity index (χ0v) is 10.2. The number of hydrogen-bond acceptors (Lipinski definition) is 3. The van der Waals surface area contributed by atoms with Crippen LogP contribution < -0.4 is 0 Å². The molecule has 0 amide bonds. The molecule has 1 aromatic heterocycles. The Kier molecular flexibility index (Phi) is 2.95. The molecular weight excluding hydrogens is 236 g/mol. The molecule has 1 fully saturated rings. The van der Waals surface area contributed by atoms with E-state index < -0.39 is 0 Å². The molecule has 0 radical (unpaired) electrons. The van der Waals surface area contributed by atoms with E-state index in [-0.39, 0.29) is 0 Å². The highest BCUT2D eigenvalue weighted by Crippen LogP contribution is 2.32.